The van der Waals surface area contributed by atoms with Crippen molar-refractivity contribution in [2.45, 2.75) is 13.8 Å². The van der Waals surface area contributed by atoms with E-state index in [4.69, 9.17) is 10.5 Å². The van der Waals surface area contributed by atoms with Gasteiger partial charge in [-0.3, -0.25) is 0 Å². The van der Waals surface area contributed by atoms with Crippen molar-refractivity contribution in [1.82, 2.24) is 19.7 Å². The largest absolute Gasteiger partial charge is 0.497 e. The van der Waals surface area contributed by atoms with Gasteiger partial charge in [0, 0.05) is 17.4 Å². The Morgan fingerprint density at radius 2 is 2.00 bits per heavy atom. The summed E-state index contributed by atoms with van der Waals surface area (Å²) in [5, 5.41) is 7.60. The predicted octanol–water partition coefficient (Wildman–Crippen LogP) is 2.61. The molecule has 0 saturated carbocycles. The van der Waals surface area contributed by atoms with Crippen LogP contribution in [0.15, 0.2) is 36.7 Å². The second kappa shape index (κ2) is 5.96. The lowest BCUT2D eigenvalue weighted by Gasteiger charge is -2.12. The number of anilines is 3. The van der Waals surface area contributed by atoms with E-state index < -0.39 is 0 Å². The van der Waals surface area contributed by atoms with Crippen molar-refractivity contribution >= 4 is 17.2 Å². The Morgan fingerprint density at radius 1 is 1.17 bits per heavy atom. The lowest BCUT2D eigenvalue weighted by atomic mass is 10.3. The van der Waals surface area contributed by atoms with Crippen molar-refractivity contribution in [3.63, 3.8) is 0 Å². The van der Waals surface area contributed by atoms with Gasteiger partial charge in [0.25, 0.3) is 0 Å². The number of rotatable bonds is 4. The number of nitrogens with one attached hydrogen (secondary N) is 1. The molecular weight excluding hydrogens is 292 g/mol. The molecule has 0 spiro atoms. The van der Waals surface area contributed by atoms with E-state index in [-0.39, 0.29) is 0 Å². The molecule has 7 nitrogen and oxygen atoms in total. The molecule has 0 fully saturated rings. The van der Waals surface area contributed by atoms with Crippen LogP contribution in [-0.4, -0.2) is 26.9 Å². The van der Waals surface area contributed by atoms with E-state index in [0.29, 0.717) is 17.3 Å². The first kappa shape index (κ1) is 14.8. The molecule has 0 atom stereocenters. The smallest absolute Gasteiger partial charge is 0.182 e. The van der Waals surface area contributed by atoms with Gasteiger partial charge in [-0.1, -0.05) is 6.07 Å². The van der Waals surface area contributed by atoms with E-state index in [1.165, 1.54) is 6.33 Å². The van der Waals surface area contributed by atoms with E-state index in [2.05, 4.69) is 20.4 Å². The molecule has 0 radical (unpaired) electrons. The number of nitrogens with zero attached hydrogens (tertiary/aromatic N) is 4. The van der Waals surface area contributed by atoms with Gasteiger partial charge >= 0.3 is 0 Å². The third-order valence-corrected chi connectivity index (χ3v) is 3.41. The molecule has 2 aromatic heterocycles. The van der Waals surface area contributed by atoms with Crippen LogP contribution in [0.2, 0.25) is 0 Å². The van der Waals surface area contributed by atoms with Gasteiger partial charge in [-0.05, 0) is 32.0 Å². The van der Waals surface area contributed by atoms with Crippen LogP contribution in [0.25, 0.3) is 5.82 Å². The molecule has 118 valence electrons. The molecule has 0 bridgehead atoms. The molecule has 7 heteroatoms. The standard InChI is InChI=1S/C16H18N6O/c1-10-7-11(2)22(21-10)16-14(17)15(18-9-19-16)20-12-5-4-6-13(8-12)23-3/h4-9H,17H2,1-3H3,(H,18,19,20). The summed E-state index contributed by atoms with van der Waals surface area (Å²) >= 11 is 0. The molecule has 3 N–H and O–H groups in total. The molecule has 1 aromatic carbocycles. The Labute approximate surface area is 134 Å². The third kappa shape index (κ3) is 2.94. The zero-order valence-electron chi connectivity index (χ0n) is 13.2. The van der Waals surface area contributed by atoms with Crippen molar-refractivity contribution in [3.05, 3.63) is 48.0 Å². The van der Waals surface area contributed by atoms with Crippen molar-refractivity contribution in [1.29, 1.82) is 0 Å². The number of aromatic nitrogens is 4. The van der Waals surface area contributed by atoms with Crippen molar-refractivity contribution < 1.29 is 4.74 Å². The highest BCUT2D eigenvalue weighted by molar-refractivity contribution is 5.74. The summed E-state index contributed by atoms with van der Waals surface area (Å²) in [5.41, 5.74) is 9.36. The molecule has 2 heterocycles. The first-order chi connectivity index (χ1) is 11.1. The fraction of sp³-hybridized carbons (Fsp3) is 0.188. The predicted molar refractivity (Wildman–Crippen MR) is 89.3 cm³/mol. The number of methoxy groups -OCH3 is 1. The van der Waals surface area contributed by atoms with Crippen LogP contribution < -0.4 is 15.8 Å². The normalized spacial score (nSPS) is 10.6. The molecule has 3 rings (SSSR count). The lowest BCUT2D eigenvalue weighted by Crippen LogP contribution is -2.09. The van der Waals surface area contributed by atoms with Crippen LogP contribution in [0, 0.1) is 13.8 Å². The van der Waals surface area contributed by atoms with Gasteiger partial charge in [-0.2, -0.15) is 5.10 Å². The number of ether oxygens (including phenoxy) is 1. The van der Waals surface area contributed by atoms with Gasteiger partial charge in [0.05, 0.1) is 12.8 Å². The van der Waals surface area contributed by atoms with Crippen LogP contribution >= 0.6 is 0 Å². The second-order valence-corrected chi connectivity index (χ2v) is 5.16. The highest BCUT2D eigenvalue weighted by atomic mass is 16.5. The van der Waals surface area contributed by atoms with E-state index in [9.17, 15) is 0 Å². The Bertz CT molecular complexity index is 842. The zero-order valence-corrected chi connectivity index (χ0v) is 13.2. The minimum atomic E-state index is 0.432. The number of aryl methyl sites for hydroxylation is 2. The van der Waals surface area contributed by atoms with Crippen LogP contribution in [0.3, 0.4) is 0 Å². The van der Waals surface area contributed by atoms with Crippen LogP contribution in [0.4, 0.5) is 17.2 Å². The lowest BCUT2D eigenvalue weighted by molar-refractivity contribution is 0.415. The quantitative estimate of drug-likeness (QED) is 0.769. The number of benzene rings is 1. The minimum Gasteiger partial charge on any atom is -0.497 e. The van der Waals surface area contributed by atoms with Gasteiger partial charge in [-0.25, -0.2) is 14.6 Å². The molecule has 0 saturated heterocycles. The maximum absolute atomic E-state index is 6.23. The number of hydrogen-bond donors (Lipinski definition) is 2. The average molecular weight is 310 g/mol. The summed E-state index contributed by atoms with van der Waals surface area (Å²) in [6.07, 6.45) is 1.46. The molecule has 0 amide bonds. The van der Waals surface area contributed by atoms with E-state index in [1.807, 2.05) is 44.2 Å². The first-order valence-electron chi connectivity index (χ1n) is 7.13. The number of nitrogens with two attached hydrogens (primary N) is 1. The highest BCUT2D eigenvalue weighted by Gasteiger charge is 2.13. The highest BCUT2D eigenvalue weighted by Crippen LogP contribution is 2.27. The van der Waals surface area contributed by atoms with E-state index in [0.717, 1.165) is 22.8 Å². The van der Waals surface area contributed by atoms with Crippen LogP contribution in [-0.2, 0) is 0 Å². The van der Waals surface area contributed by atoms with Gasteiger partial charge in [0.1, 0.15) is 17.8 Å². The van der Waals surface area contributed by atoms with E-state index >= 15 is 0 Å². The summed E-state index contributed by atoms with van der Waals surface area (Å²) in [5.74, 6) is 1.83. The van der Waals surface area contributed by atoms with Crippen molar-refractivity contribution in [2.24, 2.45) is 0 Å². The maximum Gasteiger partial charge on any atom is 0.182 e. The summed E-state index contributed by atoms with van der Waals surface area (Å²) in [4.78, 5) is 8.48. The molecule has 0 unspecified atom stereocenters. The van der Waals surface area contributed by atoms with Gasteiger partial charge in [0.15, 0.2) is 11.6 Å². The Hall–Kier alpha value is -3.09. The molecule has 23 heavy (non-hydrogen) atoms. The number of hydrogen-bond acceptors (Lipinski definition) is 6. The SMILES string of the molecule is COc1cccc(Nc2ncnc(-n3nc(C)cc3C)c2N)c1. The summed E-state index contributed by atoms with van der Waals surface area (Å²) in [6.45, 7) is 3.88. The minimum absolute atomic E-state index is 0.432. The molecule has 0 aliphatic carbocycles. The van der Waals surface area contributed by atoms with Gasteiger partial charge < -0.3 is 15.8 Å². The zero-order chi connectivity index (χ0) is 16.4. The monoisotopic (exact) mass is 310 g/mol. The number of nitrogen functional groups attached to an aromatic ring is 1. The Kier molecular flexibility index (Phi) is 3.84. The molecule has 0 aliphatic heterocycles. The average Bonchev–Trinajstić information content (AvgIpc) is 2.88. The third-order valence-electron chi connectivity index (χ3n) is 3.41. The Morgan fingerprint density at radius 3 is 2.70 bits per heavy atom. The fourth-order valence-electron chi connectivity index (χ4n) is 2.34. The summed E-state index contributed by atoms with van der Waals surface area (Å²) < 4.78 is 6.93. The van der Waals surface area contributed by atoms with E-state index in [1.54, 1.807) is 11.8 Å². The van der Waals surface area contributed by atoms with Crippen molar-refractivity contribution in [2.75, 3.05) is 18.2 Å². The molecular formula is C16H18N6O. The van der Waals surface area contributed by atoms with Crippen LogP contribution in [0.1, 0.15) is 11.4 Å². The molecule has 3 aromatic rings. The van der Waals surface area contributed by atoms with Gasteiger partial charge in [-0.15, -0.1) is 0 Å². The fourth-order valence-corrected chi connectivity index (χ4v) is 2.34. The van der Waals surface area contributed by atoms with Gasteiger partial charge in [0.2, 0.25) is 0 Å². The Balaban J connectivity index is 1.98. The second-order valence-electron chi connectivity index (χ2n) is 5.16. The topological polar surface area (TPSA) is 90.9 Å². The molecule has 0 aliphatic rings. The van der Waals surface area contributed by atoms with Crippen LogP contribution in [0.5, 0.6) is 5.75 Å². The maximum atomic E-state index is 6.23. The summed E-state index contributed by atoms with van der Waals surface area (Å²) in [6, 6.07) is 9.50. The van der Waals surface area contributed by atoms with Crippen molar-refractivity contribution in [3.8, 4) is 11.6 Å². The summed E-state index contributed by atoms with van der Waals surface area (Å²) in [7, 11) is 1.62. The first-order valence-corrected chi connectivity index (χ1v) is 7.13.